The molecule has 32 heavy (non-hydrogen) atoms. The summed E-state index contributed by atoms with van der Waals surface area (Å²) in [5, 5.41) is 3.02. The molecule has 1 saturated heterocycles. The van der Waals surface area contributed by atoms with Crippen LogP contribution < -0.4 is 26.4 Å². The van der Waals surface area contributed by atoms with E-state index in [0.717, 1.165) is 17.1 Å². The number of anilines is 2. The summed E-state index contributed by atoms with van der Waals surface area (Å²) in [6.45, 7) is 3.56. The summed E-state index contributed by atoms with van der Waals surface area (Å²) < 4.78 is 11.3. The Kier molecular flexibility index (Phi) is 5.31. The molecule has 0 saturated carbocycles. The third-order valence-corrected chi connectivity index (χ3v) is 6.94. The van der Waals surface area contributed by atoms with Crippen LogP contribution in [0.25, 0.3) is 10.3 Å². The van der Waals surface area contributed by atoms with Crippen molar-refractivity contribution in [1.29, 1.82) is 0 Å². The number of rotatable bonds is 4. The second kappa shape index (κ2) is 8.15. The van der Waals surface area contributed by atoms with E-state index in [-0.39, 0.29) is 24.1 Å². The van der Waals surface area contributed by atoms with Crippen molar-refractivity contribution in [2.24, 2.45) is 5.73 Å². The number of nitrogens with one attached hydrogen (secondary N) is 1. The molecule has 0 bridgehead atoms. The van der Waals surface area contributed by atoms with Crippen LogP contribution in [-0.4, -0.2) is 65.9 Å². The lowest BCUT2D eigenvalue weighted by Gasteiger charge is -2.26. The topological polar surface area (TPSA) is 142 Å². The van der Waals surface area contributed by atoms with Gasteiger partial charge in [0.2, 0.25) is 5.88 Å². The fraction of sp³-hybridized carbons (Fsp3) is 0.429. The molecule has 11 heteroatoms. The zero-order valence-corrected chi connectivity index (χ0v) is 18.7. The second-order valence-electron chi connectivity index (χ2n) is 8.17. The van der Waals surface area contributed by atoms with Crippen molar-refractivity contribution in [1.82, 2.24) is 20.3 Å². The summed E-state index contributed by atoms with van der Waals surface area (Å²) in [6, 6.07) is 3.72. The predicted octanol–water partition coefficient (Wildman–Crippen LogP) is 0.873. The van der Waals surface area contributed by atoms with Crippen molar-refractivity contribution in [3.05, 3.63) is 34.5 Å². The second-order valence-corrected chi connectivity index (χ2v) is 9.17. The normalized spacial score (nSPS) is 22.6. The molecule has 0 aliphatic carbocycles. The average molecular weight is 456 g/mol. The minimum Gasteiger partial charge on any atom is -0.475 e. The molecule has 3 aromatic rings. The van der Waals surface area contributed by atoms with Crippen LogP contribution in [0.3, 0.4) is 0 Å². The van der Waals surface area contributed by atoms with Crippen molar-refractivity contribution < 1.29 is 14.3 Å². The van der Waals surface area contributed by atoms with Crippen LogP contribution in [0.2, 0.25) is 0 Å². The van der Waals surface area contributed by atoms with Gasteiger partial charge in [0, 0.05) is 38.4 Å². The van der Waals surface area contributed by atoms with Crippen LogP contribution in [0.4, 0.5) is 11.5 Å². The zero-order chi connectivity index (χ0) is 22.4. The number of carbonyl (C=O) groups excluding carboxylic acids is 1. The van der Waals surface area contributed by atoms with Crippen LogP contribution in [-0.2, 0) is 11.2 Å². The summed E-state index contributed by atoms with van der Waals surface area (Å²) >= 11 is 1.25. The minimum absolute atomic E-state index is 0.0102. The molecule has 2 aliphatic rings. The Morgan fingerprint density at radius 1 is 1.34 bits per heavy atom. The molecule has 0 spiro atoms. The number of thiophene rings is 1. The largest absolute Gasteiger partial charge is 0.475 e. The van der Waals surface area contributed by atoms with Gasteiger partial charge in [0.25, 0.3) is 5.91 Å². The smallest absolute Gasteiger partial charge is 0.263 e. The molecule has 10 nitrogen and oxygen atoms in total. The van der Waals surface area contributed by atoms with Crippen LogP contribution in [0, 0.1) is 6.92 Å². The Hall–Kier alpha value is -3.02. The van der Waals surface area contributed by atoms with Gasteiger partial charge >= 0.3 is 0 Å². The summed E-state index contributed by atoms with van der Waals surface area (Å²) in [5.74, 6) is 1.16. The molecule has 2 aliphatic heterocycles. The molecular weight excluding hydrogens is 430 g/mol. The molecule has 0 radical (unpaired) electrons. The molecule has 5 rings (SSSR count). The fourth-order valence-electron chi connectivity index (χ4n) is 4.14. The maximum atomic E-state index is 12.9. The highest BCUT2D eigenvalue weighted by Gasteiger charge is 2.32. The Morgan fingerprint density at radius 2 is 2.19 bits per heavy atom. The SMILES string of the molecule is CO[C@H]1CN(c2ccc3c(n2)OC[C@H](NC(=O)c2sc4nc(C)cnc4c2N)C3)C[C@@H]1N. The van der Waals surface area contributed by atoms with Crippen LogP contribution >= 0.6 is 11.3 Å². The lowest BCUT2D eigenvalue weighted by molar-refractivity contribution is 0.0918. The summed E-state index contributed by atoms with van der Waals surface area (Å²) in [5.41, 5.74) is 14.9. The van der Waals surface area contributed by atoms with E-state index in [2.05, 4.69) is 25.2 Å². The Balaban J connectivity index is 1.28. The van der Waals surface area contributed by atoms with Gasteiger partial charge in [-0.15, -0.1) is 11.3 Å². The molecule has 5 N–H and O–H groups in total. The van der Waals surface area contributed by atoms with Crippen LogP contribution in [0.1, 0.15) is 20.9 Å². The number of nitrogens with two attached hydrogens (primary N) is 2. The van der Waals surface area contributed by atoms with Gasteiger partial charge in [0.05, 0.1) is 29.6 Å². The first kappa shape index (κ1) is 20.9. The van der Waals surface area contributed by atoms with Gasteiger partial charge in [0.1, 0.15) is 27.6 Å². The summed E-state index contributed by atoms with van der Waals surface area (Å²) in [4.78, 5) is 29.4. The van der Waals surface area contributed by atoms with Gasteiger partial charge in [-0.2, -0.15) is 4.98 Å². The van der Waals surface area contributed by atoms with Gasteiger partial charge in [-0.1, -0.05) is 0 Å². The lowest BCUT2D eigenvalue weighted by atomic mass is 10.1. The van der Waals surface area contributed by atoms with E-state index < -0.39 is 0 Å². The van der Waals surface area contributed by atoms with Crippen molar-refractivity contribution in [3.8, 4) is 5.88 Å². The highest BCUT2D eigenvalue weighted by Crippen LogP contribution is 2.32. The molecule has 0 aromatic carbocycles. The van der Waals surface area contributed by atoms with Gasteiger partial charge < -0.3 is 31.2 Å². The van der Waals surface area contributed by atoms with Gasteiger partial charge in [-0.25, -0.2) is 9.97 Å². The first-order valence-corrected chi connectivity index (χ1v) is 11.2. The number of nitrogen functional groups attached to an aromatic ring is 1. The summed E-state index contributed by atoms with van der Waals surface area (Å²) in [7, 11) is 1.67. The van der Waals surface area contributed by atoms with Gasteiger partial charge in [-0.05, 0) is 19.1 Å². The Labute approximate surface area is 188 Å². The van der Waals surface area contributed by atoms with E-state index in [4.69, 9.17) is 20.9 Å². The van der Waals surface area contributed by atoms with E-state index in [1.165, 1.54) is 11.3 Å². The van der Waals surface area contributed by atoms with E-state index >= 15 is 0 Å². The molecule has 3 atom stereocenters. The number of methoxy groups -OCH3 is 1. The molecule has 0 unspecified atom stereocenters. The number of ether oxygens (including phenoxy) is 2. The number of fused-ring (bicyclic) bond motifs is 2. The lowest BCUT2D eigenvalue weighted by Crippen LogP contribution is -2.43. The Morgan fingerprint density at radius 3 is 2.97 bits per heavy atom. The minimum atomic E-state index is -0.247. The molecule has 1 amide bonds. The third kappa shape index (κ3) is 3.72. The van der Waals surface area contributed by atoms with E-state index in [9.17, 15) is 4.79 Å². The highest BCUT2D eigenvalue weighted by atomic mass is 32.1. The number of aromatic nitrogens is 3. The molecule has 1 fully saturated rings. The Bertz CT molecular complexity index is 1180. The van der Waals surface area contributed by atoms with Gasteiger partial charge in [0.15, 0.2) is 0 Å². The maximum Gasteiger partial charge on any atom is 0.263 e. The van der Waals surface area contributed by atoms with Crippen molar-refractivity contribution in [3.63, 3.8) is 0 Å². The number of nitrogens with zero attached hydrogens (tertiary/aromatic N) is 4. The third-order valence-electron chi connectivity index (χ3n) is 5.85. The van der Waals surface area contributed by atoms with Crippen molar-refractivity contribution in [2.75, 3.05) is 37.4 Å². The molecule has 5 heterocycles. The van der Waals surface area contributed by atoms with Gasteiger partial charge in [-0.3, -0.25) is 4.79 Å². The zero-order valence-electron chi connectivity index (χ0n) is 17.9. The highest BCUT2D eigenvalue weighted by molar-refractivity contribution is 7.21. The number of carbonyl (C=O) groups is 1. The summed E-state index contributed by atoms with van der Waals surface area (Å²) in [6.07, 6.45) is 2.25. The molecular formula is C21H25N7O3S. The predicted molar refractivity (Wildman–Crippen MR) is 122 cm³/mol. The number of amides is 1. The van der Waals surface area contributed by atoms with E-state index in [1.807, 2.05) is 19.1 Å². The van der Waals surface area contributed by atoms with E-state index in [1.54, 1.807) is 13.3 Å². The number of hydrogen-bond acceptors (Lipinski definition) is 10. The number of aryl methyl sites for hydroxylation is 1. The monoisotopic (exact) mass is 455 g/mol. The standard InChI is InChI=1S/C21H25N7O3S/c1-10-6-24-17-16(23)18(32-21(17)25-10)19(29)26-12-5-11-3-4-15(27-20(11)31-9-12)28-7-13(22)14(8-28)30-2/h3-4,6,12-14H,5,7-9,22-23H2,1-2H3,(H,26,29)/t12-,13+,14+/m1/s1. The quantitative estimate of drug-likeness (QED) is 0.522. The van der Waals surface area contributed by atoms with Crippen molar-refractivity contribution in [2.45, 2.75) is 31.5 Å². The molecule has 3 aromatic heterocycles. The van der Waals surface area contributed by atoms with Crippen LogP contribution in [0.15, 0.2) is 18.3 Å². The first-order valence-electron chi connectivity index (χ1n) is 10.4. The van der Waals surface area contributed by atoms with Crippen LogP contribution in [0.5, 0.6) is 5.88 Å². The fourth-order valence-corrected chi connectivity index (χ4v) is 5.14. The average Bonchev–Trinajstić information content (AvgIpc) is 3.32. The van der Waals surface area contributed by atoms with E-state index in [0.29, 0.717) is 52.9 Å². The number of hydrogen-bond donors (Lipinski definition) is 3. The number of pyridine rings is 1. The first-order chi connectivity index (χ1) is 15.4. The maximum absolute atomic E-state index is 12.9. The molecule has 168 valence electrons. The van der Waals surface area contributed by atoms with Crippen molar-refractivity contribution >= 4 is 39.1 Å².